The van der Waals surface area contributed by atoms with Crippen LogP contribution < -0.4 is 5.32 Å². The van der Waals surface area contributed by atoms with Crippen LogP contribution in [-0.4, -0.2) is 5.75 Å². The van der Waals surface area contributed by atoms with Gasteiger partial charge in [-0.2, -0.15) is 0 Å². The lowest BCUT2D eigenvalue weighted by molar-refractivity contribution is 0.510. The van der Waals surface area contributed by atoms with E-state index in [-0.39, 0.29) is 0 Å². The minimum atomic E-state index is 0.446. The summed E-state index contributed by atoms with van der Waals surface area (Å²) in [4.78, 5) is 1.41. The predicted octanol–water partition coefficient (Wildman–Crippen LogP) is 5.43. The van der Waals surface area contributed by atoms with Gasteiger partial charge in [0.2, 0.25) is 0 Å². The number of hydrogen-bond acceptors (Lipinski definition) is 2. The average Bonchev–Trinajstić information content (AvgIpc) is 2.48. The SMILES string of the molecule is Clc1ccc(CNC2CCSc3ccccc32)cc1Br. The summed E-state index contributed by atoms with van der Waals surface area (Å²) in [5, 5.41) is 4.42. The Balaban J connectivity index is 1.71. The average molecular weight is 369 g/mol. The van der Waals surface area contributed by atoms with Crippen molar-refractivity contribution >= 4 is 39.3 Å². The highest BCUT2D eigenvalue weighted by atomic mass is 79.9. The van der Waals surface area contributed by atoms with Gasteiger partial charge in [-0.05, 0) is 57.4 Å². The van der Waals surface area contributed by atoms with Crippen molar-refractivity contribution in [3.05, 3.63) is 63.1 Å². The van der Waals surface area contributed by atoms with E-state index in [1.807, 2.05) is 17.8 Å². The quantitative estimate of drug-likeness (QED) is 0.775. The Bertz CT molecular complexity index is 617. The molecule has 1 heterocycles. The second-order valence-corrected chi connectivity index (χ2v) is 7.26. The normalized spacial score (nSPS) is 17.8. The van der Waals surface area contributed by atoms with Gasteiger partial charge in [-0.1, -0.05) is 35.9 Å². The minimum Gasteiger partial charge on any atom is -0.306 e. The molecule has 3 rings (SSSR count). The third-order valence-electron chi connectivity index (χ3n) is 3.50. The van der Waals surface area contributed by atoms with Gasteiger partial charge in [0.1, 0.15) is 0 Å². The lowest BCUT2D eigenvalue weighted by Gasteiger charge is -2.26. The summed E-state index contributed by atoms with van der Waals surface area (Å²) in [6.45, 7) is 0.861. The molecule has 0 aliphatic carbocycles. The monoisotopic (exact) mass is 367 g/mol. The van der Waals surface area contributed by atoms with Crippen LogP contribution in [-0.2, 0) is 6.54 Å². The molecule has 2 aromatic rings. The number of halogens is 2. The summed E-state index contributed by atoms with van der Waals surface area (Å²) in [5.41, 5.74) is 2.67. The number of benzene rings is 2. The van der Waals surface area contributed by atoms with E-state index in [4.69, 9.17) is 11.6 Å². The Morgan fingerprint density at radius 1 is 1.25 bits per heavy atom. The van der Waals surface area contributed by atoms with E-state index in [2.05, 4.69) is 57.6 Å². The van der Waals surface area contributed by atoms with E-state index in [0.29, 0.717) is 6.04 Å². The Labute approximate surface area is 137 Å². The Morgan fingerprint density at radius 3 is 2.95 bits per heavy atom. The van der Waals surface area contributed by atoms with Crippen molar-refractivity contribution in [1.82, 2.24) is 5.32 Å². The number of thioether (sulfide) groups is 1. The molecular weight excluding hydrogens is 354 g/mol. The second-order valence-electron chi connectivity index (χ2n) is 4.86. The molecule has 0 radical (unpaired) electrons. The highest BCUT2D eigenvalue weighted by Crippen LogP contribution is 2.36. The topological polar surface area (TPSA) is 12.0 Å². The smallest absolute Gasteiger partial charge is 0.0548 e. The fourth-order valence-electron chi connectivity index (χ4n) is 2.44. The molecule has 0 saturated carbocycles. The molecule has 0 spiro atoms. The molecule has 0 aromatic heterocycles. The summed E-state index contributed by atoms with van der Waals surface area (Å²) >= 11 is 11.5. The largest absolute Gasteiger partial charge is 0.306 e. The molecule has 1 atom stereocenters. The minimum absolute atomic E-state index is 0.446. The van der Waals surface area contributed by atoms with Gasteiger partial charge in [0.05, 0.1) is 5.02 Å². The molecule has 0 amide bonds. The van der Waals surface area contributed by atoms with Gasteiger partial charge in [0.15, 0.2) is 0 Å². The first-order chi connectivity index (χ1) is 9.74. The molecule has 1 aliphatic heterocycles. The van der Waals surface area contributed by atoms with Gasteiger partial charge in [0.25, 0.3) is 0 Å². The maximum Gasteiger partial charge on any atom is 0.0548 e. The van der Waals surface area contributed by atoms with E-state index in [0.717, 1.165) is 16.0 Å². The van der Waals surface area contributed by atoms with Gasteiger partial charge in [-0.15, -0.1) is 11.8 Å². The van der Waals surface area contributed by atoms with Crippen molar-refractivity contribution < 1.29 is 0 Å². The Hall–Kier alpha value is -0.480. The van der Waals surface area contributed by atoms with E-state index in [9.17, 15) is 0 Å². The van der Waals surface area contributed by atoms with Crippen molar-refractivity contribution in [1.29, 1.82) is 0 Å². The second kappa shape index (κ2) is 6.52. The lowest BCUT2D eigenvalue weighted by atomic mass is 10.0. The van der Waals surface area contributed by atoms with E-state index in [1.54, 1.807) is 0 Å². The van der Waals surface area contributed by atoms with Crippen molar-refractivity contribution in [3.8, 4) is 0 Å². The van der Waals surface area contributed by atoms with Crippen molar-refractivity contribution in [2.24, 2.45) is 0 Å². The first-order valence-electron chi connectivity index (χ1n) is 6.63. The van der Waals surface area contributed by atoms with Crippen LogP contribution in [0.5, 0.6) is 0 Å². The molecule has 20 heavy (non-hydrogen) atoms. The van der Waals surface area contributed by atoms with E-state index >= 15 is 0 Å². The summed E-state index contributed by atoms with van der Waals surface area (Å²) < 4.78 is 0.957. The van der Waals surface area contributed by atoms with Gasteiger partial charge < -0.3 is 5.32 Å². The molecule has 4 heteroatoms. The summed E-state index contributed by atoms with van der Waals surface area (Å²) in [6.07, 6.45) is 1.18. The highest BCUT2D eigenvalue weighted by molar-refractivity contribution is 9.10. The van der Waals surface area contributed by atoms with Crippen molar-refractivity contribution in [2.45, 2.75) is 23.9 Å². The lowest BCUT2D eigenvalue weighted by Crippen LogP contribution is -2.24. The molecule has 2 aromatic carbocycles. The fraction of sp³-hybridized carbons (Fsp3) is 0.250. The van der Waals surface area contributed by atoms with Crippen molar-refractivity contribution in [2.75, 3.05) is 5.75 Å². The van der Waals surface area contributed by atoms with Gasteiger partial charge in [0, 0.05) is 22.0 Å². The number of fused-ring (bicyclic) bond motifs is 1. The maximum absolute atomic E-state index is 6.03. The molecule has 0 saturated heterocycles. The highest BCUT2D eigenvalue weighted by Gasteiger charge is 2.19. The van der Waals surface area contributed by atoms with Crippen LogP contribution in [0.1, 0.15) is 23.6 Å². The maximum atomic E-state index is 6.03. The molecule has 0 fully saturated rings. The van der Waals surface area contributed by atoms with Gasteiger partial charge in [-0.25, -0.2) is 0 Å². The zero-order valence-corrected chi connectivity index (χ0v) is 14.1. The van der Waals surface area contributed by atoms with E-state index < -0.39 is 0 Å². The van der Waals surface area contributed by atoms with Crippen LogP contribution in [0.4, 0.5) is 0 Å². The molecule has 1 nitrogen and oxygen atoms in total. The van der Waals surface area contributed by atoms with Crippen molar-refractivity contribution in [3.63, 3.8) is 0 Å². The first-order valence-corrected chi connectivity index (χ1v) is 8.79. The number of rotatable bonds is 3. The van der Waals surface area contributed by atoms with Crippen LogP contribution >= 0.6 is 39.3 Å². The summed E-state index contributed by atoms with van der Waals surface area (Å²) in [7, 11) is 0. The molecule has 104 valence electrons. The summed E-state index contributed by atoms with van der Waals surface area (Å²) in [6, 6.07) is 15.2. The molecule has 1 N–H and O–H groups in total. The predicted molar refractivity (Wildman–Crippen MR) is 90.5 cm³/mol. The van der Waals surface area contributed by atoms with Crippen LogP contribution in [0.3, 0.4) is 0 Å². The standard InChI is InChI=1S/C16H15BrClNS/c17-13-9-11(5-6-14(13)18)10-19-15-7-8-20-16-4-2-1-3-12(15)16/h1-6,9,15,19H,7-8,10H2. The first kappa shape index (κ1) is 14.5. The van der Waals surface area contributed by atoms with E-state index in [1.165, 1.54) is 28.2 Å². The molecule has 0 bridgehead atoms. The Kier molecular flexibility index (Phi) is 4.72. The zero-order valence-electron chi connectivity index (χ0n) is 10.9. The summed E-state index contributed by atoms with van der Waals surface area (Å²) in [5.74, 6) is 1.18. The number of nitrogens with one attached hydrogen (secondary N) is 1. The molecule has 1 unspecified atom stereocenters. The number of hydrogen-bond donors (Lipinski definition) is 1. The van der Waals surface area contributed by atoms with Crippen LogP contribution in [0.2, 0.25) is 5.02 Å². The van der Waals surface area contributed by atoms with Crippen LogP contribution in [0.25, 0.3) is 0 Å². The van der Waals surface area contributed by atoms with Crippen LogP contribution in [0.15, 0.2) is 51.8 Å². The zero-order chi connectivity index (χ0) is 13.9. The molecular formula is C16H15BrClNS. The molecule has 1 aliphatic rings. The van der Waals surface area contributed by atoms with Gasteiger partial charge >= 0.3 is 0 Å². The Morgan fingerprint density at radius 2 is 2.10 bits per heavy atom. The van der Waals surface area contributed by atoms with Crippen LogP contribution in [0, 0.1) is 0 Å². The fourth-order valence-corrected chi connectivity index (χ4v) is 4.11. The third-order valence-corrected chi connectivity index (χ3v) is 5.83. The van der Waals surface area contributed by atoms with Gasteiger partial charge in [-0.3, -0.25) is 0 Å². The third kappa shape index (κ3) is 3.22.